The Morgan fingerprint density at radius 3 is 1.14 bits per heavy atom. The molecule has 0 aliphatic heterocycles. The SMILES string of the molecule is c1ccc(-c2ccc(N(c3ccccc3)c3ccc4c(c3)C3(c5ccccc5-4)c4cc(N(c5ccc(-c6ccccc6)cc5)c5ccc(-c6ccccc6)cc5)ccc4-c4c3oc3ccccc43)cc2)cc1. The van der Waals surface area contributed by atoms with Gasteiger partial charge in [0, 0.05) is 45.1 Å². The molecule has 72 heavy (non-hydrogen) atoms. The van der Waals surface area contributed by atoms with Crippen molar-refractivity contribution in [3.05, 3.63) is 302 Å². The van der Waals surface area contributed by atoms with Crippen LogP contribution in [0.3, 0.4) is 0 Å². The highest BCUT2D eigenvalue weighted by molar-refractivity contribution is 6.05. The highest BCUT2D eigenvalue weighted by atomic mass is 16.3. The minimum absolute atomic E-state index is 0.777. The molecule has 338 valence electrons. The zero-order valence-corrected chi connectivity index (χ0v) is 39.4. The summed E-state index contributed by atoms with van der Waals surface area (Å²) in [5, 5.41) is 1.12. The molecule has 0 bridgehead atoms. The van der Waals surface area contributed by atoms with Crippen LogP contribution in [0, 0.1) is 0 Å². The average molecular weight is 919 g/mol. The molecule has 0 saturated carbocycles. The van der Waals surface area contributed by atoms with Crippen molar-refractivity contribution in [2.24, 2.45) is 0 Å². The molecule has 0 N–H and O–H groups in total. The Morgan fingerprint density at radius 2 is 0.625 bits per heavy atom. The van der Waals surface area contributed by atoms with Crippen molar-refractivity contribution in [1.29, 1.82) is 0 Å². The van der Waals surface area contributed by atoms with Crippen molar-refractivity contribution in [3.63, 3.8) is 0 Å². The van der Waals surface area contributed by atoms with Crippen LogP contribution in [0.1, 0.15) is 22.5 Å². The lowest BCUT2D eigenvalue weighted by Gasteiger charge is -2.32. The Balaban J connectivity index is 0.988. The van der Waals surface area contributed by atoms with Crippen molar-refractivity contribution in [3.8, 4) is 55.6 Å². The van der Waals surface area contributed by atoms with Gasteiger partial charge in [-0.1, -0.05) is 200 Å². The summed E-state index contributed by atoms with van der Waals surface area (Å²) >= 11 is 0. The number of fused-ring (bicyclic) bond motifs is 12. The van der Waals surface area contributed by atoms with Gasteiger partial charge < -0.3 is 14.2 Å². The van der Waals surface area contributed by atoms with Crippen LogP contribution >= 0.6 is 0 Å². The van der Waals surface area contributed by atoms with Crippen LogP contribution in [-0.4, -0.2) is 0 Å². The third kappa shape index (κ3) is 6.59. The lowest BCUT2D eigenvalue weighted by molar-refractivity contribution is 0.507. The van der Waals surface area contributed by atoms with Crippen LogP contribution < -0.4 is 9.80 Å². The van der Waals surface area contributed by atoms with Gasteiger partial charge in [0.15, 0.2) is 0 Å². The molecular weight excluding hydrogens is 873 g/mol. The lowest BCUT2D eigenvalue weighted by atomic mass is 9.73. The fraction of sp³-hybridized carbons (Fsp3) is 0.0145. The molecule has 0 amide bonds. The van der Waals surface area contributed by atoms with Gasteiger partial charge in [-0.2, -0.15) is 0 Å². The van der Waals surface area contributed by atoms with E-state index in [0.717, 1.165) is 56.4 Å². The van der Waals surface area contributed by atoms with Crippen LogP contribution in [0.5, 0.6) is 0 Å². The Hall–Kier alpha value is -9.44. The predicted molar refractivity (Wildman–Crippen MR) is 298 cm³/mol. The summed E-state index contributed by atoms with van der Waals surface area (Å²) in [5.41, 5.74) is 22.0. The van der Waals surface area contributed by atoms with Crippen LogP contribution in [0.15, 0.2) is 283 Å². The maximum atomic E-state index is 7.32. The van der Waals surface area contributed by atoms with Crippen LogP contribution in [-0.2, 0) is 5.41 Å². The molecule has 14 rings (SSSR count). The van der Waals surface area contributed by atoms with Gasteiger partial charge in [0.2, 0.25) is 0 Å². The first-order valence-electron chi connectivity index (χ1n) is 24.7. The summed E-state index contributed by atoms with van der Waals surface area (Å²) in [7, 11) is 0. The van der Waals surface area contributed by atoms with Gasteiger partial charge in [0.25, 0.3) is 0 Å². The third-order valence-corrected chi connectivity index (χ3v) is 14.9. The molecule has 0 saturated heterocycles. The minimum Gasteiger partial charge on any atom is -0.459 e. The molecule has 1 atom stereocenters. The Bertz CT molecular complexity index is 3860. The second kappa shape index (κ2) is 16.9. The molecule has 1 heterocycles. The van der Waals surface area contributed by atoms with Gasteiger partial charge >= 0.3 is 0 Å². The first-order chi connectivity index (χ1) is 35.7. The Labute approximate surface area is 419 Å². The van der Waals surface area contributed by atoms with Gasteiger partial charge in [-0.25, -0.2) is 0 Å². The zero-order valence-electron chi connectivity index (χ0n) is 39.4. The van der Waals surface area contributed by atoms with E-state index in [1.807, 2.05) is 0 Å². The van der Waals surface area contributed by atoms with Gasteiger partial charge in [0.05, 0.1) is 0 Å². The van der Waals surface area contributed by atoms with Gasteiger partial charge in [-0.15, -0.1) is 0 Å². The average Bonchev–Trinajstić information content (AvgIpc) is 4.08. The molecule has 1 spiro atoms. The maximum Gasteiger partial charge on any atom is 0.135 e. The Morgan fingerprint density at radius 1 is 0.264 bits per heavy atom. The van der Waals surface area contributed by atoms with E-state index in [1.54, 1.807) is 0 Å². The number of hydrogen-bond donors (Lipinski definition) is 0. The first kappa shape index (κ1) is 41.5. The number of furan rings is 1. The van der Waals surface area contributed by atoms with E-state index in [0.29, 0.717) is 0 Å². The van der Waals surface area contributed by atoms with Crippen molar-refractivity contribution in [1.82, 2.24) is 0 Å². The molecule has 0 fully saturated rings. The van der Waals surface area contributed by atoms with Gasteiger partial charge in [-0.05, 0) is 146 Å². The zero-order chi connectivity index (χ0) is 47.6. The minimum atomic E-state index is -0.777. The molecular formula is C69H46N2O. The van der Waals surface area contributed by atoms with Crippen LogP contribution in [0.4, 0.5) is 34.1 Å². The topological polar surface area (TPSA) is 19.6 Å². The molecule has 0 radical (unpaired) electrons. The number of anilines is 6. The smallest absolute Gasteiger partial charge is 0.135 e. The highest BCUT2D eigenvalue weighted by Crippen LogP contribution is 2.65. The van der Waals surface area contributed by atoms with E-state index in [9.17, 15) is 0 Å². The summed E-state index contributed by atoms with van der Waals surface area (Å²) in [6.45, 7) is 0. The molecule has 1 aromatic heterocycles. The quantitative estimate of drug-likeness (QED) is 0.144. The number of rotatable bonds is 9. The lowest BCUT2D eigenvalue weighted by Crippen LogP contribution is -2.26. The molecule has 2 aliphatic rings. The molecule has 3 heteroatoms. The molecule has 1 unspecified atom stereocenters. The number of para-hydroxylation sites is 2. The van der Waals surface area contributed by atoms with E-state index >= 15 is 0 Å². The largest absolute Gasteiger partial charge is 0.459 e. The molecule has 2 aliphatic carbocycles. The van der Waals surface area contributed by atoms with Crippen molar-refractivity contribution >= 4 is 45.1 Å². The van der Waals surface area contributed by atoms with E-state index in [1.165, 1.54) is 66.8 Å². The second-order valence-electron chi connectivity index (χ2n) is 18.8. The van der Waals surface area contributed by atoms with Crippen molar-refractivity contribution < 1.29 is 4.42 Å². The van der Waals surface area contributed by atoms with Crippen LogP contribution in [0.2, 0.25) is 0 Å². The van der Waals surface area contributed by atoms with Gasteiger partial charge in [0.1, 0.15) is 16.8 Å². The molecule has 3 nitrogen and oxygen atoms in total. The highest BCUT2D eigenvalue weighted by Gasteiger charge is 2.55. The molecule has 12 aromatic rings. The second-order valence-corrected chi connectivity index (χ2v) is 18.8. The van der Waals surface area contributed by atoms with E-state index < -0.39 is 5.41 Å². The number of nitrogens with zero attached hydrogens (tertiary/aromatic N) is 2. The predicted octanol–water partition coefficient (Wildman–Crippen LogP) is 18.7. The van der Waals surface area contributed by atoms with E-state index in [-0.39, 0.29) is 0 Å². The fourth-order valence-corrected chi connectivity index (χ4v) is 11.6. The van der Waals surface area contributed by atoms with Crippen molar-refractivity contribution in [2.45, 2.75) is 5.41 Å². The van der Waals surface area contributed by atoms with E-state index in [2.05, 4.69) is 289 Å². The normalized spacial score (nSPS) is 13.9. The summed E-state index contributed by atoms with van der Waals surface area (Å²) in [6.07, 6.45) is 0. The van der Waals surface area contributed by atoms with E-state index in [4.69, 9.17) is 4.42 Å². The summed E-state index contributed by atoms with van der Waals surface area (Å²) < 4.78 is 7.32. The first-order valence-corrected chi connectivity index (χ1v) is 24.7. The van der Waals surface area contributed by atoms with Gasteiger partial charge in [-0.3, -0.25) is 0 Å². The number of hydrogen-bond acceptors (Lipinski definition) is 3. The molecule has 11 aromatic carbocycles. The van der Waals surface area contributed by atoms with Crippen LogP contribution in [0.25, 0.3) is 66.6 Å². The summed E-state index contributed by atoms with van der Waals surface area (Å²) in [5.74, 6) is 0.962. The summed E-state index contributed by atoms with van der Waals surface area (Å²) in [6, 6.07) is 101. The third-order valence-electron chi connectivity index (χ3n) is 14.9. The van der Waals surface area contributed by atoms with Crippen molar-refractivity contribution in [2.75, 3.05) is 9.80 Å². The number of benzene rings is 11. The standard InChI is InChI=1S/C69H46N2O/c1-5-17-47(18-6-1)50-29-35-54(36-30-50)70(53-23-11-4-12-24-53)57-41-43-60-59-25-13-15-27-63(59)69(64(60)45-57)65-46-58(42-44-61(65)67-62-26-14-16-28-66(62)72-68(67)69)71(55-37-31-51(32-38-55)48-19-7-2-8-20-48)56-39-33-52(34-40-56)49-21-9-3-10-22-49/h1-46H. The summed E-state index contributed by atoms with van der Waals surface area (Å²) in [4.78, 5) is 4.79. The fourth-order valence-electron chi connectivity index (χ4n) is 11.6. The monoisotopic (exact) mass is 918 g/mol. The maximum absolute atomic E-state index is 7.32. The Kier molecular flexibility index (Phi) is 9.75.